The smallest absolute Gasteiger partial charge is 0.237 e. The Morgan fingerprint density at radius 1 is 0.955 bits per heavy atom. The molecule has 0 bridgehead atoms. The molecule has 2 aromatic rings. The predicted octanol–water partition coefficient (Wildman–Crippen LogP) is 2.43. The number of sulfonamides is 1. The van der Waals surface area contributed by atoms with Crippen molar-refractivity contribution in [2.24, 2.45) is 0 Å². The summed E-state index contributed by atoms with van der Waals surface area (Å²) < 4.78 is 29.1. The van der Waals surface area contributed by atoms with Crippen molar-refractivity contribution >= 4 is 10.0 Å². The molecule has 2 aromatic carbocycles. The third-order valence-corrected chi connectivity index (χ3v) is 3.95. The van der Waals surface area contributed by atoms with Gasteiger partial charge in [-0.15, -0.1) is 0 Å². The summed E-state index contributed by atoms with van der Waals surface area (Å²) in [5.41, 5.74) is 1.80. The highest BCUT2D eigenvalue weighted by Gasteiger charge is 2.11. The lowest BCUT2D eigenvalue weighted by Crippen LogP contribution is -2.27. The highest BCUT2D eigenvalue weighted by molar-refractivity contribution is 7.88. The quantitative estimate of drug-likeness (QED) is 0.599. The van der Waals surface area contributed by atoms with Crippen LogP contribution in [0.1, 0.15) is 11.1 Å². The van der Waals surface area contributed by atoms with Gasteiger partial charge in [0, 0.05) is 0 Å². The van der Waals surface area contributed by atoms with Crippen molar-refractivity contribution in [1.82, 2.24) is 4.89 Å². The van der Waals surface area contributed by atoms with E-state index in [1.165, 1.54) is 0 Å². The van der Waals surface area contributed by atoms with Crippen LogP contribution >= 0.6 is 0 Å². The summed E-state index contributed by atoms with van der Waals surface area (Å²) in [7, 11) is -3.52. The fourth-order valence-corrected chi connectivity index (χ4v) is 2.74. The van der Waals surface area contributed by atoms with E-state index in [0.717, 1.165) is 5.56 Å². The minimum Gasteiger partial charge on any atom is -0.491 e. The topological polar surface area (TPSA) is 64.6 Å². The summed E-state index contributed by atoms with van der Waals surface area (Å²) in [6.07, 6.45) is 0. The highest BCUT2D eigenvalue weighted by atomic mass is 32.2. The van der Waals surface area contributed by atoms with Gasteiger partial charge in [0.15, 0.2) is 0 Å². The predicted molar refractivity (Wildman–Crippen MR) is 84.8 cm³/mol. The largest absolute Gasteiger partial charge is 0.491 e. The molecule has 0 aliphatic rings. The highest BCUT2D eigenvalue weighted by Crippen LogP contribution is 2.08. The molecule has 1 N–H and O–H groups in total. The molecule has 0 aromatic heterocycles. The zero-order chi connectivity index (χ0) is 15.8. The molecule has 0 saturated carbocycles. The van der Waals surface area contributed by atoms with Crippen LogP contribution in [0.3, 0.4) is 0 Å². The van der Waals surface area contributed by atoms with Gasteiger partial charge in [0.25, 0.3) is 0 Å². The van der Waals surface area contributed by atoms with E-state index in [4.69, 9.17) is 9.57 Å². The van der Waals surface area contributed by atoms with Gasteiger partial charge in [-0.2, -0.15) is 0 Å². The normalized spacial score (nSPS) is 11.3. The summed E-state index contributed by atoms with van der Waals surface area (Å²) in [5.74, 6) is 0.598. The van der Waals surface area contributed by atoms with Crippen LogP contribution in [0, 0.1) is 6.92 Å². The first-order valence-electron chi connectivity index (χ1n) is 6.90. The van der Waals surface area contributed by atoms with E-state index in [1.807, 2.05) is 49.4 Å². The number of benzene rings is 2. The molecule has 118 valence electrons. The van der Waals surface area contributed by atoms with E-state index in [-0.39, 0.29) is 19.0 Å². The lowest BCUT2D eigenvalue weighted by molar-refractivity contribution is 0.0665. The van der Waals surface area contributed by atoms with Crippen molar-refractivity contribution in [3.63, 3.8) is 0 Å². The molecule has 0 aliphatic carbocycles. The van der Waals surface area contributed by atoms with Crippen molar-refractivity contribution in [3.05, 3.63) is 65.7 Å². The minimum atomic E-state index is -3.52. The van der Waals surface area contributed by atoms with E-state index in [2.05, 4.69) is 4.89 Å². The van der Waals surface area contributed by atoms with Crippen LogP contribution in [0.2, 0.25) is 0 Å². The number of aryl methyl sites for hydroxylation is 1. The molecule has 0 spiro atoms. The number of para-hydroxylation sites is 1. The van der Waals surface area contributed by atoms with Crippen LogP contribution in [0.15, 0.2) is 54.6 Å². The Balaban J connectivity index is 1.70. The van der Waals surface area contributed by atoms with Gasteiger partial charge in [-0.1, -0.05) is 52.9 Å². The number of hydrogen-bond acceptors (Lipinski definition) is 4. The molecular weight excluding hydrogens is 302 g/mol. The molecule has 0 amide bonds. The van der Waals surface area contributed by atoms with Crippen molar-refractivity contribution in [3.8, 4) is 5.75 Å². The molecule has 0 unspecified atom stereocenters. The second kappa shape index (κ2) is 7.93. The molecule has 2 rings (SSSR count). The third kappa shape index (κ3) is 5.85. The molecule has 22 heavy (non-hydrogen) atoms. The van der Waals surface area contributed by atoms with Gasteiger partial charge in [0.1, 0.15) is 19.0 Å². The van der Waals surface area contributed by atoms with E-state index >= 15 is 0 Å². The molecule has 6 heteroatoms. The number of hydrogen-bond donors (Lipinski definition) is 1. The first-order valence-corrected chi connectivity index (χ1v) is 8.55. The number of nitrogens with one attached hydrogen (secondary N) is 1. The average Bonchev–Trinajstić information content (AvgIpc) is 2.50. The van der Waals surface area contributed by atoms with Crippen LogP contribution in [-0.4, -0.2) is 21.6 Å². The maximum atomic E-state index is 11.8. The molecule has 5 nitrogen and oxygen atoms in total. The molecular formula is C16H19NO4S. The van der Waals surface area contributed by atoms with Gasteiger partial charge < -0.3 is 4.74 Å². The minimum absolute atomic E-state index is 0.118. The fourth-order valence-electron chi connectivity index (χ4n) is 1.78. The van der Waals surface area contributed by atoms with Crippen molar-refractivity contribution in [1.29, 1.82) is 0 Å². The van der Waals surface area contributed by atoms with Crippen LogP contribution < -0.4 is 9.62 Å². The van der Waals surface area contributed by atoms with Crippen molar-refractivity contribution in [2.45, 2.75) is 12.7 Å². The SMILES string of the molecule is Cc1ccc(CS(=O)(=O)NOCCOc2ccccc2)cc1. The Kier molecular flexibility index (Phi) is 5.94. The monoisotopic (exact) mass is 321 g/mol. The maximum absolute atomic E-state index is 11.8. The van der Waals surface area contributed by atoms with Crippen LogP contribution in [0.25, 0.3) is 0 Å². The Hall–Kier alpha value is -1.89. The zero-order valence-electron chi connectivity index (χ0n) is 12.4. The summed E-state index contributed by atoms with van der Waals surface area (Å²) >= 11 is 0. The summed E-state index contributed by atoms with van der Waals surface area (Å²) in [5, 5.41) is 0. The van der Waals surface area contributed by atoms with Crippen LogP contribution in [-0.2, 0) is 20.6 Å². The standard InChI is InChI=1S/C16H19NO4S/c1-14-7-9-15(10-8-14)13-22(18,19)17-21-12-11-20-16-5-3-2-4-6-16/h2-10,17H,11-13H2,1H3. The molecule has 0 radical (unpaired) electrons. The second-order valence-corrected chi connectivity index (χ2v) is 6.52. The van der Waals surface area contributed by atoms with Crippen molar-refractivity contribution < 1.29 is 18.0 Å². The van der Waals surface area contributed by atoms with Gasteiger partial charge in [-0.25, -0.2) is 8.42 Å². The van der Waals surface area contributed by atoms with Gasteiger partial charge in [0.05, 0.1) is 5.75 Å². The van der Waals surface area contributed by atoms with E-state index < -0.39 is 10.0 Å². The maximum Gasteiger partial charge on any atom is 0.237 e. The molecule has 0 fully saturated rings. The van der Waals surface area contributed by atoms with Gasteiger partial charge in [-0.05, 0) is 24.6 Å². The van der Waals surface area contributed by atoms with Gasteiger partial charge >= 0.3 is 0 Å². The van der Waals surface area contributed by atoms with Crippen LogP contribution in [0.5, 0.6) is 5.75 Å². The Morgan fingerprint density at radius 3 is 2.32 bits per heavy atom. The molecule has 0 atom stereocenters. The first-order chi connectivity index (χ1) is 10.6. The van der Waals surface area contributed by atoms with Gasteiger partial charge in [-0.3, -0.25) is 4.84 Å². The lowest BCUT2D eigenvalue weighted by atomic mass is 10.2. The average molecular weight is 321 g/mol. The Morgan fingerprint density at radius 2 is 1.64 bits per heavy atom. The third-order valence-electron chi connectivity index (χ3n) is 2.86. The first kappa shape index (κ1) is 16.5. The summed E-state index contributed by atoms with van der Waals surface area (Å²) in [6.45, 7) is 2.34. The van der Waals surface area contributed by atoms with Gasteiger partial charge in [0.2, 0.25) is 10.0 Å². The Bertz CT molecular complexity index is 669. The van der Waals surface area contributed by atoms with E-state index in [9.17, 15) is 8.42 Å². The number of ether oxygens (including phenoxy) is 1. The molecule has 0 heterocycles. The lowest BCUT2D eigenvalue weighted by Gasteiger charge is -2.09. The Labute approximate surface area is 130 Å². The summed E-state index contributed by atoms with van der Waals surface area (Å²) in [4.78, 5) is 7.05. The fraction of sp³-hybridized carbons (Fsp3) is 0.250. The van der Waals surface area contributed by atoms with Crippen molar-refractivity contribution in [2.75, 3.05) is 13.2 Å². The molecule has 0 saturated heterocycles. The summed E-state index contributed by atoms with van der Waals surface area (Å²) in [6, 6.07) is 16.6. The molecule has 0 aliphatic heterocycles. The van der Waals surface area contributed by atoms with E-state index in [0.29, 0.717) is 11.3 Å². The van der Waals surface area contributed by atoms with E-state index in [1.54, 1.807) is 12.1 Å². The zero-order valence-corrected chi connectivity index (χ0v) is 13.2. The number of rotatable bonds is 8. The second-order valence-electron chi connectivity index (χ2n) is 4.84. The van der Waals surface area contributed by atoms with Crippen LogP contribution in [0.4, 0.5) is 0 Å².